The number of nitrogens with zero attached hydrogens (tertiary/aromatic N) is 3. The highest BCUT2D eigenvalue weighted by molar-refractivity contribution is 7.22. The van der Waals surface area contributed by atoms with Crippen molar-refractivity contribution in [3.8, 4) is 0 Å². The van der Waals surface area contributed by atoms with Crippen LogP contribution in [0.5, 0.6) is 0 Å². The van der Waals surface area contributed by atoms with Crippen LogP contribution in [0.1, 0.15) is 32.1 Å². The molecule has 2 amide bonds. The molecular weight excluding hydrogens is 348 g/mol. The third-order valence-corrected chi connectivity index (χ3v) is 6.13. The Balaban J connectivity index is 1.45. The summed E-state index contributed by atoms with van der Waals surface area (Å²) >= 11 is 1.68. The highest BCUT2D eigenvalue weighted by Crippen LogP contribution is 2.31. The number of rotatable bonds is 2. The molecule has 0 radical (unpaired) electrons. The van der Waals surface area contributed by atoms with E-state index in [1.807, 2.05) is 23.1 Å². The molecule has 0 aliphatic carbocycles. The number of fused-ring (bicyclic) bond motifs is 1. The summed E-state index contributed by atoms with van der Waals surface area (Å²) in [5, 5.41) is 4.11. The Morgan fingerprint density at radius 3 is 2.54 bits per heavy atom. The molecule has 3 heterocycles. The molecule has 0 unspecified atom stereocenters. The number of carbonyl (C=O) groups is 1. The smallest absolute Gasteiger partial charge is 0.321 e. The molecule has 6 nitrogen and oxygen atoms in total. The fourth-order valence-corrected chi connectivity index (χ4v) is 4.59. The number of ether oxygens (including phenoxy) is 1. The summed E-state index contributed by atoms with van der Waals surface area (Å²) in [5.41, 5.74) is 1.84. The van der Waals surface area contributed by atoms with E-state index in [9.17, 15) is 4.79 Å². The zero-order valence-electron chi connectivity index (χ0n) is 15.1. The molecule has 140 valence electrons. The molecule has 2 aromatic rings. The van der Waals surface area contributed by atoms with Crippen LogP contribution in [-0.2, 0) is 4.74 Å². The maximum atomic E-state index is 12.6. The van der Waals surface area contributed by atoms with Crippen molar-refractivity contribution in [3.05, 3.63) is 18.2 Å². The number of carbonyl (C=O) groups excluding carboxylic acids is 1. The average Bonchev–Trinajstić information content (AvgIpc) is 3.05. The molecule has 7 heteroatoms. The lowest BCUT2D eigenvalue weighted by Gasteiger charge is -2.25. The van der Waals surface area contributed by atoms with Gasteiger partial charge in [0.25, 0.3) is 0 Å². The van der Waals surface area contributed by atoms with Gasteiger partial charge in [0.15, 0.2) is 5.13 Å². The summed E-state index contributed by atoms with van der Waals surface area (Å²) in [6.07, 6.45) is 5.94. The van der Waals surface area contributed by atoms with E-state index in [1.165, 1.54) is 19.3 Å². The van der Waals surface area contributed by atoms with Crippen LogP contribution in [0.2, 0.25) is 0 Å². The van der Waals surface area contributed by atoms with Gasteiger partial charge in [-0.25, -0.2) is 9.78 Å². The summed E-state index contributed by atoms with van der Waals surface area (Å²) in [6.45, 7) is 5.00. The average molecular weight is 375 g/mol. The van der Waals surface area contributed by atoms with Crippen molar-refractivity contribution in [2.45, 2.75) is 32.1 Å². The largest absolute Gasteiger partial charge is 0.378 e. The summed E-state index contributed by atoms with van der Waals surface area (Å²) in [7, 11) is 0. The normalized spacial score (nSPS) is 19.2. The molecule has 2 saturated heterocycles. The third kappa shape index (κ3) is 4.10. The Kier molecular flexibility index (Phi) is 5.55. The number of nitrogens with one attached hydrogen (secondary N) is 1. The zero-order chi connectivity index (χ0) is 17.8. The molecule has 1 aromatic carbocycles. The molecule has 2 fully saturated rings. The zero-order valence-corrected chi connectivity index (χ0v) is 15.9. The SMILES string of the molecule is O=C(Nc1ccc2nc(N3CCOCC3)sc2c1)N1CCCCCCC1. The first-order valence-electron chi connectivity index (χ1n) is 9.59. The van der Waals surface area contributed by atoms with E-state index in [-0.39, 0.29) is 6.03 Å². The quantitative estimate of drug-likeness (QED) is 0.865. The number of morpholine rings is 1. The fourth-order valence-electron chi connectivity index (χ4n) is 3.53. The van der Waals surface area contributed by atoms with E-state index >= 15 is 0 Å². The van der Waals surface area contributed by atoms with Crippen LogP contribution in [0.15, 0.2) is 18.2 Å². The van der Waals surface area contributed by atoms with Crippen molar-refractivity contribution in [2.75, 3.05) is 49.6 Å². The summed E-state index contributed by atoms with van der Waals surface area (Å²) < 4.78 is 6.52. The highest BCUT2D eigenvalue weighted by Gasteiger charge is 2.17. The minimum absolute atomic E-state index is 0.0177. The third-order valence-electron chi connectivity index (χ3n) is 5.05. The maximum absolute atomic E-state index is 12.6. The topological polar surface area (TPSA) is 57.7 Å². The van der Waals surface area contributed by atoms with E-state index < -0.39 is 0 Å². The number of hydrogen-bond donors (Lipinski definition) is 1. The predicted octanol–water partition coefficient (Wildman–Crippen LogP) is 3.93. The number of likely N-dealkylation sites (tertiary alicyclic amines) is 1. The Bertz CT molecular complexity index is 749. The molecule has 0 bridgehead atoms. The van der Waals surface area contributed by atoms with E-state index in [1.54, 1.807) is 11.3 Å². The number of anilines is 2. The molecule has 1 aromatic heterocycles. The second-order valence-corrected chi connectivity index (χ2v) is 7.97. The molecule has 4 rings (SSSR count). The van der Waals surface area contributed by atoms with Gasteiger partial charge < -0.3 is 19.9 Å². The lowest BCUT2D eigenvalue weighted by Crippen LogP contribution is -2.37. The highest BCUT2D eigenvalue weighted by atomic mass is 32.1. The summed E-state index contributed by atoms with van der Waals surface area (Å²) in [4.78, 5) is 21.6. The van der Waals surface area contributed by atoms with Crippen molar-refractivity contribution in [1.29, 1.82) is 0 Å². The van der Waals surface area contributed by atoms with Crippen molar-refractivity contribution < 1.29 is 9.53 Å². The van der Waals surface area contributed by atoms with Gasteiger partial charge in [-0.05, 0) is 31.0 Å². The minimum Gasteiger partial charge on any atom is -0.378 e. The minimum atomic E-state index is 0.0177. The van der Waals surface area contributed by atoms with Gasteiger partial charge in [-0.1, -0.05) is 30.6 Å². The second kappa shape index (κ2) is 8.22. The van der Waals surface area contributed by atoms with E-state index in [0.29, 0.717) is 0 Å². The molecule has 0 saturated carbocycles. The van der Waals surface area contributed by atoms with Gasteiger partial charge in [0.1, 0.15) is 0 Å². The molecule has 0 spiro atoms. The van der Waals surface area contributed by atoms with Gasteiger partial charge in [-0.15, -0.1) is 0 Å². The van der Waals surface area contributed by atoms with Crippen LogP contribution in [0.4, 0.5) is 15.6 Å². The first-order valence-corrected chi connectivity index (χ1v) is 10.4. The van der Waals surface area contributed by atoms with Crippen LogP contribution < -0.4 is 10.2 Å². The molecule has 0 atom stereocenters. The second-order valence-electron chi connectivity index (χ2n) is 6.96. The van der Waals surface area contributed by atoms with E-state index in [4.69, 9.17) is 9.72 Å². The van der Waals surface area contributed by atoms with Gasteiger partial charge in [0.05, 0.1) is 23.4 Å². The number of amides is 2. The van der Waals surface area contributed by atoms with Gasteiger partial charge in [-0.3, -0.25) is 0 Å². The first-order chi connectivity index (χ1) is 12.8. The Labute approximate surface area is 158 Å². The Morgan fingerprint density at radius 2 is 1.77 bits per heavy atom. The standard InChI is InChI=1S/C19H26N4O2S/c24-18(22-8-4-2-1-3-5-9-22)20-15-6-7-16-17(14-15)26-19(21-16)23-10-12-25-13-11-23/h6-7,14H,1-5,8-13H2,(H,20,24). The van der Waals surface area contributed by atoms with Crippen molar-refractivity contribution in [2.24, 2.45) is 0 Å². The van der Waals surface area contributed by atoms with Crippen molar-refractivity contribution in [3.63, 3.8) is 0 Å². The van der Waals surface area contributed by atoms with E-state index in [0.717, 1.165) is 73.3 Å². The monoisotopic (exact) mass is 374 g/mol. The summed E-state index contributed by atoms with van der Waals surface area (Å²) in [5.74, 6) is 0. The number of thiazole rings is 1. The molecule has 1 N–H and O–H groups in total. The lowest BCUT2D eigenvalue weighted by atomic mass is 10.1. The van der Waals surface area contributed by atoms with Crippen LogP contribution in [0, 0.1) is 0 Å². The van der Waals surface area contributed by atoms with Crippen molar-refractivity contribution in [1.82, 2.24) is 9.88 Å². The van der Waals surface area contributed by atoms with Crippen LogP contribution >= 0.6 is 11.3 Å². The Hall–Kier alpha value is -1.86. The number of benzene rings is 1. The van der Waals surface area contributed by atoms with Crippen molar-refractivity contribution >= 4 is 38.4 Å². The van der Waals surface area contributed by atoms with Crippen LogP contribution in [-0.4, -0.2) is 55.3 Å². The van der Waals surface area contributed by atoms with Gasteiger partial charge >= 0.3 is 6.03 Å². The van der Waals surface area contributed by atoms with Gasteiger partial charge in [0.2, 0.25) is 0 Å². The number of urea groups is 1. The molecule has 2 aliphatic heterocycles. The maximum Gasteiger partial charge on any atom is 0.321 e. The molecule has 26 heavy (non-hydrogen) atoms. The molecule has 2 aliphatic rings. The van der Waals surface area contributed by atoms with Crippen LogP contribution in [0.3, 0.4) is 0 Å². The first kappa shape index (κ1) is 17.5. The number of aromatic nitrogens is 1. The fraction of sp³-hybridized carbons (Fsp3) is 0.579. The summed E-state index contributed by atoms with van der Waals surface area (Å²) in [6, 6.07) is 6.01. The Morgan fingerprint density at radius 1 is 1.04 bits per heavy atom. The molecular formula is C19H26N4O2S. The number of hydrogen-bond acceptors (Lipinski definition) is 5. The van der Waals surface area contributed by atoms with Crippen LogP contribution in [0.25, 0.3) is 10.2 Å². The lowest BCUT2D eigenvalue weighted by molar-refractivity contribution is 0.122. The van der Waals surface area contributed by atoms with Gasteiger partial charge in [0, 0.05) is 31.9 Å². The predicted molar refractivity (Wildman–Crippen MR) is 106 cm³/mol. The van der Waals surface area contributed by atoms with E-state index in [2.05, 4.69) is 10.2 Å². The van der Waals surface area contributed by atoms with Gasteiger partial charge in [-0.2, -0.15) is 0 Å².